The summed E-state index contributed by atoms with van der Waals surface area (Å²) < 4.78 is 83.7. The molecule has 2 rings (SSSR count). The zero-order valence-corrected chi connectivity index (χ0v) is 13.7. The summed E-state index contributed by atoms with van der Waals surface area (Å²) in [6, 6.07) is 1.29. The Balaban J connectivity index is 2.24. The van der Waals surface area contributed by atoms with E-state index in [9.17, 15) is 26.0 Å². The first-order chi connectivity index (χ1) is 11.1. The van der Waals surface area contributed by atoms with Crippen molar-refractivity contribution >= 4 is 10.0 Å². The molecule has 1 atom stereocenters. The van der Waals surface area contributed by atoms with E-state index >= 15 is 0 Å². The fraction of sp³-hybridized carbons (Fsp3) is 0.571. The third kappa shape index (κ3) is 4.24. The maximum atomic E-state index is 13.8. The first-order valence-electron chi connectivity index (χ1n) is 7.20. The summed E-state index contributed by atoms with van der Waals surface area (Å²) in [5.74, 6) is -1.24. The van der Waals surface area contributed by atoms with Crippen LogP contribution in [0.4, 0.5) is 17.6 Å². The molecular weight excluding hydrogens is 352 g/mol. The first kappa shape index (κ1) is 19.1. The lowest BCUT2D eigenvalue weighted by Crippen LogP contribution is -2.52. The predicted molar refractivity (Wildman–Crippen MR) is 78.4 cm³/mol. The molecule has 1 aliphatic heterocycles. The summed E-state index contributed by atoms with van der Waals surface area (Å²) in [7, 11) is -2.98. The van der Waals surface area contributed by atoms with Crippen LogP contribution >= 0.6 is 0 Å². The van der Waals surface area contributed by atoms with E-state index in [0.717, 1.165) is 6.42 Å². The Morgan fingerprint density at radius 2 is 2.08 bits per heavy atom. The molecule has 2 N–H and O–H groups in total. The van der Waals surface area contributed by atoms with Crippen LogP contribution in [0.2, 0.25) is 0 Å². The van der Waals surface area contributed by atoms with Gasteiger partial charge in [-0.1, -0.05) is 0 Å². The van der Waals surface area contributed by atoms with Gasteiger partial charge in [-0.25, -0.2) is 17.5 Å². The Kier molecular flexibility index (Phi) is 5.53. The highest BCUT2D eigenvalue weighted by atomic mass is 32.2. The first-order valence-corrected chi connectivity index (χ1v) is 8.68. The maximum Gasteiger partial charge on any atom is 0.416 e. The molecule has 1 aromatic carbocycles. The minimum atomic E-state index is -4.76. The van der Waals surface area contributed by atoms with Gasteiger partial charge in [-0.05, 0) is 37.6 Å². The van der Waals surface area contributed by atoms with Crippen LogP contribution in [0.3, 0.4) is 0 Å². The zero-order valence-electron chi connectivity index (χ0n) is 12.9. The number of ether oxygens (including phenoxy) is 1. The molecule has 0 aliphatic carbocycles. The van der Waals surface area contributed by atoms with Gasteiger partial charge in [0.05, 0.1) is 17.7 Å². The molecule has 0 spiro atoms. The molecule has 1 aliphatic rings. The van der Waals surface area contributed by atoms with Crippen LogP contribution in [-0.2, 0) is 20.9 Å². The molecule has 5 nitrogen and oxygen atoms in total. The number of hydrogen-bond donors (Lipinski definition) is 2. The molecule has 0 amide bonds. The van der Waals surface area contributed by atoms with Gasteiger partial charge in [0.15, 0.2) is 0 Å². The van der Waals surface area contributed by atoms with Crippen molar-refractivity contribution in [3.63, 3.8) is 0 Å². The molecular formula is C14H18F4N2O3S. The molecule has 10 heteroatoms. The summed E-state index contributed by atoms with van der Waals surface area (Å²) >= 11 is 0. The van der Waals surface area contributed by atoms with Gasteiger partial charge in [0.25, 0.3) is 0 Å². The molecule has 1 fully saturated rings. The average Bonchev–Trinajstić information content (AvgIpc) is 2.94. The standard InChI is InChI=1S/C14H18F4N2O3S/c1-23-9-13(5-2-6-19-13)8-20-24(21,22)12-7-10(14(16,17)18)3-4-11(12)15/h3-4,7,19-20H,2,5-6,8-9H2,1H3. The lowest BCUT2D eigenvalue weighted by atomic mass is 9.99. The van der Waals surface area contributed by atoms with E-state index in [-0.39, 0.29) is 13.2 Å². The topological polar surface area (TPSA) is 67.4 Å². The fourth-order valence-electron chi connectivity index (χ4n) is 2.67. The Bertz CT molecular complexity index is 686. The molecule has 0 saturated carbocycles. The minimum Gasteiger partial charge on any atom is -0.383 e. The molecule has 1 saturated heterocycles. The van der Waals surface area contributed by atoms with Gasteiger partial charge in [-0.15, -0.1) is 0 Å². The number of alkyl halides is 3. The second-order valence-corrected chi connectivity index (χ2v) is 7.45. The van der Waals surface area contributed by atoms with Crippen LogP contribution in [-0.4, -0.2) is 40.8 Å². The summed E-state index contributed by atoms with van der Waals surface area (Å²) in [5.41, 5.74) is -1.88. The smallest absolute Gasteiger partial charge is 0.383 e. The summed E-state index contributed by atoms with van der Waals surface area (Å²) in [6.07, 6.45) is -3.32. The largest absolute Gasteiger partial charge is 0.416 e. The number of halogens is 4. The van der Waals surface area contributed by atoms with Gasteiger partial charge < -0.3 is 10.1 Å². The molecule has 0 bridgehead atoms. The molecule has 1 heterocycles. The Morgan fingerprint density at radius 1 is 1.38 bits per heavy atom. The van der Waals surface area contributed by atoms with Crippen molar-refractivity contribution in [3.8, 4) is 0 Å². The highest BCUT2D eigenvalue weighted by Gasteiger charge is 2.36. The third-order valence-electron chi connectivity index (χ3n) is 3.90. The van der Waals surface area contributed by atoms with E-state index in [1.807, 2.05) is 0 Å². The van der Waals surface area contributed by atoms with Crippen molar-refractivity contribution in [2.24, 2.45) is 0 Å². The minimum absolute atomic E-state index is 0.112. The predicted octanol–water partition coefficient (Wildman–Crippen LogP) is 1.89. The lowest BCUT2D eigenvalue weighted by molar-refractivity contribution is -0.137. The highest BCUT2D eigenvalue weighted by Crippen LogP contribution is 2.31. The number of benzene rings is 1. The van der Waals surface area contributed by atoms with Crippen LogP contribution in [0.5, 0.6) is 0 Å². The average molecular weight is 370 g/mol. The van der Waals surface area contributed by atoms with E-state index in [0.29, 0.717) is 31.2 Å². The van der Waals surface area contributed by atoms with Crippen molar-refractivity contribution < 1.29 is 30.7 Å². The van der Waals surface area contributed by atoms with Crippen molar-refractivity contribution in [1.82, 2.24) is 10.0 Å². The Labute approximate surface area is 137 Å². The second-order valence-electron chi connectivity index (χ2n) is 5.71. The van der Waals surface area contributed by atoms with Crippen molar-refractivity contribution in [2.45, 2.75) is 29.5 Å². The maximum absolute atomic E-state index is 13.8. The van der Waals surface area contributed by atoms with Crippen molar-refractivity contribution in [3.05, 3.63) is 29.6 Å². The molecule has 24 heavy (non-hydrogen) atoms. The zero-order chi connectivity index (χ0) is 18.0. The number of hydrogen-bond acceptors (Lipinski definition) is 4. The molecule has 0 radical (unpaired) electrons. The molecule has 1 aromatic rings. The summed E-state index contributed by atoms with van der Waals surface area (Å²) in [6.45, 7) is 0.780. The third-order valence-corrected chi connectivity index (χ3v) is 5.32. The number of rotatable bonds is 6. The van der Waals surface area contributed by atoms with Gasteiger partial charge in [-0.2, -0.15) is 13.2 Å². The molecule has 1 unspecified atom stereocenters. The van der Waals surface area contributed by atoms with Crippen LogP contribution < -0.4 is 10.0 Å². The van der Waals surface area contributed by atoms with Crippen molar-refractivity contribution in [1.29, 1.82) is 0 Å². The van der Waals surface area contributed by atoms with Crippen LogP contribution in [0, 0.1) is 5.82 Å². The highest BCUT2D eigenvalue weighted by molar-refractivity contribution is 7.89. The normalized spacial score (nSPS) is 22.0. The second kappa shape index (κ2) is 6.95. The van der Waals surface area contributed by atoms with Crippen LogP contribution in [0.1, 0.15) is 18.4 Å². The number of methoxy groups -OCH3 is 1. The SMILES string of the molecule is COCC1(CNS(=O)(=O)c2cc(C(F)(F)F)ccc2F)CCCN1. The van der Waals surface area contributed by atoms with Gasteiger partial charge in [0, 0.05) is 13.7 Å². The van der Waals surface area contributed by atoms with E-state index in [4.69, 9.17) is 4.74 Å². The summed E-state index contributed by atoms with van der Waals surface area (Å²) in [4.78, 5) is -1.03. The van der Waals surface area contributed by atoms with Crippen LogP contribution in [0.25, 0.3) is 0 Å². The number of nitrogens with one attached hydrogen (secondary N) is 2. The van der Waals surface area contributed by atoms with E-state index in [1.165, 1.54) is 7.11 Å². The van der Waals surface area contributed by atoms with E-state index in [2.05, 4.69) is 10.0 Å². The van der Waals surface area contributed by atoms with E-state index < -0.39 is 38.0 Å². The fourth-order valence-corrected chi connectivity index (χ4v) is 3.90. The Hall–Kier alpha value is -1.23. The van der Waals surface area contributed by atoms with Crippen LogP contribution in [0.15, 0.2) is 23.1 Å². The monoisotopic (exact) mass is 370 g/mol. The molecule has 136 valence electrons. The lowest BCUT2D eigenvalue weighted by Gasteiger charge is -2.28. The van der Waals surface area contributed by atoms with Gasteiger partial charge >= 0.3 is 6.18 Å². The van der Waals surface area contributed by atoms with Gasteiger partial charge in [0.1, 0.15) is 10.7 Å². The molecule has 0 aromatic heterocycles. The Morgan fingerprint density at radius 3 is 2.62 bits per heavy atom. The number of sulfonamides is 1. The van der Waals surface area contributed by atoms with Gasteiger partial charge in [0.2, 0.25) is 10.0 Å². The quantitative estimate of drug-likeness (QED) is 0.751. The van der Waals surface area contributed by atoms with Crippen molar-refractivity contribution in [2.75, 3.05) is 26.8 Å². The van der Waals surface area contributed by atoms with Gasteiger partial charge in [-0.3, -0.25) is 0 Å². The summed E-state index contributed by atoms with van der Waals surface area (Å²) in [5, 5.41) is 3.12. The van der Waals surface area contributed by atoms with E-state index in [1.54, 1.807) is 0 Å².